The van der Waals surface area contributed by atoms with Crippen LogP contribution in [0.3, 0.4) is 0 Å². The second kappa shape index (κ2) is 9.82. The summed E-state index contributed by atoms with van der Waals surface area (Å²) in [5.74, 6) is -0.845. The zero-order valence-electron chi connectivity index (χ0n) is 18.2. The lowest BCUT2D eigenvalue weighted by Gasteiger charge is -2.23. The highest BCUT2D eigenvalue weighted by atomic mass is 32.2. The van der Waals surface area contributed by atoms with Crippen molar-refractivity contribution in [1.29, 1.82) is 0 Å². The van der Waals surface area contributed by atoms with Crippen molar-refractivity contribution in [2.24, 2.45) is 5.92 Å². The van der Waals surface area contributed by atoms with Gasteiger partial charge in [0.15, 0.2) is 9.84 Å². The highest BCUT2D eigenvalue weighted by Crippen LogP contribution is 2.31. The van der Waals surface area contributed by atoms with Crippen LogP contribution in [0.1, 0.15) is 24.3 Å². The van der Waals surface area contributed by atoms with E-state index in [-0.39, 0.29) is 22.9 Å². The number of hydrogen-bond acceptors (Lipinski definition) is 5. The molecule has 2 aromatic carbocycles. The third-order valence-corrected chi connectivity index (χ3v) is 8.77. The van der Waals surface area contributed by atoms with Crippen LogP contribution in [-0.2, 0) is 32.2 Å². The van der Waals surface area contributed by atoms with E-state index in [1.807, 2.05) is 32.0 Å². The number of thiophene rings is 1. The molecule has 0 aliphatic carbocycles. The number of nitrogens with zero attached hydrogens (tertiary/aromatic N) is 1. The minimum Gasteiger partial charge on any atom is -0.224 e. The molecule has 0 atom stereocenters. The molecule has 32 heavy (non-hydrogen) atoms. The van der Waals surface area contributed by atoms with Crippen LogP contribution in [0.4, 0.5) is 4.39 Å². The number of sulfonamides is 1. The van der Waals surface area contributed by atoms with Gasteiger partial charge in [0.05, 0.1) is 10.6 Å². The molecule has 0 amide bonds. The van der Waals surface area contributed by atoms with E-state index < -0.39 is 31.4 Å². The average Bonchev–Trinajstić information content (AvgIpc) is 3.17. The highest BCUT2D eigenvalue weighted by molar-refractivity contribution is 7.90. The van der Waals surface area contributed by atoms with Gasteiger partial charge in [-0.25, -0.2) is 21.2 Å². The lowest BCUT2D eigenvalue weighted by molar-refractivity contribution is 0.363. The maximum Gasteiger partial charge on any atom is 0.218 e. The van der Waals surface area contributed by atoms with Crippen molar-refractivity contribution in [3.8, 4) is 10.4 Å². The van der Waals surface area contributed by atoms with Crippen LogP contribution in [0.5, 0.6) is 0 Å². The molecule has 5 nitrogen and oxygen atoms in total. The van der Waals surface area contributed by atoms with Crippen molar-refractivity contribution in [2.75, 3.05) is 12.8 Å². The van der Waals surface area contributed by atoms with Crippen molar-refractivity contribution >= 4 is 31.2 Å². The van der Waals surface area contributed by atoms with Crippen molar-refractivity contribution in [2.45, 2.75) is 31.0 Å². The van der Waals surface area contributed by atoms with Gasteiger partial charge in [-0.05, 0) is 41.8 Å². The molecule has 0 saturated carbocycles. The second-order valence-corrected chi connectivity index (χ2v) is 13.3. The molecule has 0 bridgehead atoms. The van der Waals surface area contributed by atoms with Crippen LogP contribution in [0.2, 0.25) is 0 Å². The SMILES string of the molecule is CC(C)CN(Cc1ccc(-c2cccc(S(C)(=O)=O)c2)s1)S(=O)(=O)Cc1ccccc1F. The van der Waals surface area contributed by atoms with Gasteiger partial charge in [-0.15, -0.1) is 11.3 Å². The third-order valence-electron chi connectivity index (χ3n) is 4.80. The van der Waals surface area contributed by atoms with E-state index in [1.54, 1.807) is 24.3 Å². The van der Waals surface area contributed by atoms with Crippen molar-refractivity contribution < 1.29 is 21.2 Å². The lowest BCUT2D eigenvalue weighted by atomic mass is 10.2. The van der Waals surface area contributed by atoms with Gasteiger partial charge in [0.1, 0.15) is 5.82 Å². The zero-order valence-corrected chi connectivity index (χ0v) is 20.6. The fraction of sp³-hybridized carbons (Fsp3) is 0.304. The molecule has 172 valence electrons. The third kappa shape index (κ3) is 6.25. The van der Waals surface area contributed by atoms with E-state index in [4.69, 9.17) is 0 Å². The van der Waals surface area contributed by atoms with Gasteiger partial charge in [-0.3, -0.25) is 0 Å². The Labute approximate surface area is 193 Å². The van der Waals surface area contributed by atoms with E-state index in [1.165, 1.54) is 33.8 Å². The number of sulfone groups is 1. The van der Waals surface area contributed by atoms with Crippen LogP contribution < -0.4 is 0 Å². The first kappa shape index (κ1) is 24.6. The standard InChI is InChI=1S/C23H26FNO4S3/c1-17(2)14-25(32(28,29)16-19-7-4-5-10-22(19)24)15-20-11-12-23(30-20)18-8-6-9-21(13-18)31(3,26)27/h4-13,17H,14-16H2,1-3H3. The van der Waals surface area contributed by atoms with Crippen LogP contribution in [0.25, 0.3) is 10.4 Å². The van der Waals surface area contributed by atoms with Crippen LogP contribution >= 0.6 is 11.3 Å². The summed E-state index contributed by atoms with van der Waals surface area (Å²) in [4.78, 5) is 1.91. The molecule has 1 aromatic heterocycles. The summed E-state index contributed by atoms with van der Waals surface area (Å²) >= 11 is 1.41. The predicted octanol–water partition coefficient (Wildman–Crippen LogP) is 4.95. The quantitative estimate of drug-likeness (QED) is 0.421. The first-order valence-corrected chi connectivity index (χ1v) is 14.4. The molecule has 0 aliphatic rings. The Bertz CT molecular complexity index is 1300. The average molecular weight is 496 g/mol. The summed E-state index contributed by atoms with van der Waals surface area (Å²) in [6.07, 6.45) is 1.16. The molecule has 0 fully saturated rings. The molecular weight excluding hydrogens is 469 g/mol. The highest BCUT2D eigenvalue weighted by Gasteiger charge is 2.25. The Balaban J connectivity index is 1.86. The largest absolute Gasteiger partial charge is 0.224 e. The first-order valence-electron chi connectivity index (χ1n) is 10.1. The van der Waals surface area contributed by atoms with Crippen molar-refractivity contribution in [3.63, 3.8) is 0 Å². The molecule has 0 aliphatic heterocycles. The number of hydrogen-bond donors (Lipinski definition) is 0. The summed E-state index contributed by atoms with van der Waals surface area (Å²) in [6, 6.07) is 16.3. The number of rotatable bonds is 9. The topological polar surface area (TPSA) is 71.5 Å². The fourth-order valence-electron chi connectivity index (χ4n) is 3.26. The molecule has 0 radical (unpaired) electrons. The minimum absolute atomic E-state index is 0.0938. The molecule has 0 N–H and O–H groups in total. The Morgan fingerprint density at radius 3 is 2.34 bits per heavy atom. The predicted molar refractivity (Wildman–Crippen MR) is 127 cm³/mol. The Hall–Kier alpha value is -2.07. The molecule has 9 heteroatoms. The summed E-state index contributed by atoms with van der Waals surface area (Å²) < 4.78 is 65.4. The van der Waals surface area contributed by atoms with E-state index >= 15 is 0 Å². The van der Waals surface area contributed by atoms with Crippen molar-refractivity contribution in [1.82, 2.24) is 4.31 Å². The lowest BCUT2D eigenvalue weighted by Crippen LogP contribution is -2.34. The van der Waals surface area contributed by atoms with E-state index in [9.17, 15) is 21.2 Å². The molecule has 0 spiro atoms. The summed E-state index contributed by atoms with van der Waals surface area (Å²) in [7, 11) is -7.08. The van der Waals surface area contributed by atoms with E-state index in [0.29, 0.717) is 6.54 Å². The monoisotopic (exact) mass is 495 g/mol. The summed E-state index contributed by atoms with van der Waals surface area (Å²) in [5, 5.41) is 0. The molecule has 3 aromatic rings. The molecule has 0 saturated heterocycles. The van der Waals surface area contributed by atoms with Crippen LogP contribution in [-0.4, -0.2) is 33.9 Å². The number of halogens is 1. The molecule has 0 unspecified atom stereocenters. The van der Waals surface area contributed by atoms with Crippen LogP contribution in [0.15, 0.2) is 65.6 Å². The summed E-state index contributed by atoms with van der Waals surface area (Å²) in [5.41, 5.74) is 0.902. The van der Waals surface area contributed by atoms with Crippen molar-refractivity contribution in [3.05, 3.63) is 76.9 Å². The van der Waals surface area contributed by atoms with E-state index in [2.05, 4.69) is 0 Å². The number of benzene rings is 2. The van der Waals surface area contributed by atoms with Gasteiger partial charge in [-0.2, -0.15) is 4.31 Å². The second-order valence-electron chi connectivity index (χ2n) is 8.10. The Morgan fingerprint density at radius 2 is 1.69 bits per heavy atom. The zero-order chi connectivity index (χ0) is 23.5. The maximum atomic E-state index is 14.1. The first-order chi connectivity index (χ1) is 15.0. The van der Waals surface area contributed by atoms with Crippen LogP contribution in [0, 0.1) is 11.7 Å². The maximum absolute atomic E-state index is 14.1. The Morgan fingerprint density at radius 1 is 0.969 bits per heavy atom. The van der Waals surface area contributed by atoms with Gasteiger partial charge >= 0.3 is 0 Å². The molecular formula is C23H26FNO4S3. The van der Waals surface area contributed by atoms with Gasteiger partial charge < -0.3 is 0 Å². The molecule has 3 rings (SSSR count). The van der Waals surface area contributed by atoms with Gasteiger partial charge in [0.25, 0.3) is 0 Å². The minimum atomic E-state index is -3.75. The normalized spacial score (nSPS) is 12.6. The summed E-state index contributed by atoms with van der Waals surface area (Å²) in [6.45, 7) is 4.35. The fourth-order valence-corrected chi connectivity index (χ4v) is 6.70. The van der Waals surface area contributed by atoms with Gasteiger partial charge in [-0.1, -0.05) is 44.2 Å². The Kier molecular flexibility index (Phi) is 7.54. The molecule has 1 heterocycles. The van der Waals surface area contributed by atoms with Gasteiger partial charge in [0.2, 0.25) is 10.0 Å². The smallest absolute Gasteiger partial charge is 0.218 e. The van der Waals surface area contributed by atoms with Gasteiger partial charge in [0, 0.05) is 34.7 Å². The van der Waals surface area contributed by atoms with E-state index in [0.717, 1.165) is 21.6 Å².